The second kappa shape index (κ2) is 5.25. The molecule has 2 aromatic carbocycles. The first-order chi connectivity index (χ1) is 6.95. The summed E-state index contributed by atoms with van der Waals surface area (Å²) in [6, 6.07) is 21.2. The molecular formula is C12H10SSe. The van der Waals surface area contributed by atoms with E-state index in [1.807, 2.05) is 10.2 Å². The van der Waals surface area contributed by atoms with Crippen molar-refractivity contribution >= 4 is 28.5 Å². The second-order valence-corrected chi connectivity index (χ2v) is 6.68. The van der Waals surface area contributed by atoms with Crippen molar-refractivity contribution in [3.05, 3.63) is 60.7 Å². The van der Waals surface area contributed by atoms with Gasteiger partial charge in [-0.15, -0.1) is 0 Å². The van der Waals surface area contributed by atoms with Gasteiger partial charge < -0.3 is 0 Å². The Kier molecular flexibility index (Phi) is 3.70. The molecule has 0 spiro atoms. The third-order valence-corrected chi connectivity index (χ3v) is 5.98. The predicted octanol–water partition coefficient (Wildman–Crippen LogP) is 2.72. The van der Waals surface area contributed by atoms with E-state index in [0.717, 1.165) is 0 Å². The average Bonchev–Trinajstić information content (AvgIpc) is 2.29. The van der Waals surface area contributed by atoms with Crippen molar-refractivity contribution in [2.24, 2.45) is 0 Å². The molecule has 14 heavy (non-hydrogen) atoms. The zero-order valence-electron chi connectivity index (χ0n) is 7.59. The maximum atomic E-state index is 2.19. The van der Waals surface area contributed by atoms with Gasteiger partial charge in [0.05, 0.1) is 0 Å². The van der Waals surface area contributed by atoms with Crippen molar-refractivity contribution in [3.8, 4) is 0 Å². The van der Waals surface area contributed by atoms with E-state index in [0.29, 0.717) is 13.8 Å². The van der Waals surface area contributed by atoms with Gasteiger partial charge in [-0.25, -0.2) is 0 Å². The van der Waals surface area contributed by atoms with E-state index in [1.165, 1.54) is 9.36 Å². The first-order valence-electron chi connectivity index (χ1n) is 4.40. The Morgan fingerprint density at radius 2 is 1.29 bits per heavy atom. The van der Waals surface area contributed by atoms with Crippen LogP contribution in [0.5, 0.6) is 0 Å². The maximum absolute atomic E-state index is 2.19. The fourth-order valence-electron chi connectivity index (χ4n) is 1.05. The van der Waals surface area contributed by atoms with Crippen molar-refractivity contribution in [1.82, 2.24) is 0 Å². The first-order valence-corrected chi connectivity index (χ1v) is 8.09. The first kappa shape index (κ1) is 9.85. The molecule has 0 radical (unpaired) electrons. The standard InChI is InChI=1S/C12H10SSe/c1-3-7-11(8-4-1)13-14-12-9-5-2-6-10-12/h1-10H. The van der Waals surface area contributed by atoms with Crippen molar-refractivity contribution < 1.29 is 0 Å². The molecule has 0 unspecified atom stereocenters. The zero-order chi connectivity index (χ0) is 9.64. The van der Waals surface area contributed by atoms with E-state index in [1.54, 1.807) is 0 Å². The molecule has 0 aliphatic heterocycles. The molecule has 0 saturated heterocycles. The van der Waals surface area contributed by atoms with Crippen LogP contribution in [0.4, 0.5) is 0 Å². The molecular weight excluding hydrogens is 255 g/mol. The fraction of sp³-hybridized carbons (Fsp3) is 0. The Morgan fingerprint density at radius 3 is 1.93 bits per heavy atom. The Labute approximate surface area is 94.0 Å². The van der Waals surface area contributed by atoms with Gasteiger partial charge in [-0.3, -0.25) is 0 Å². The summed E-state index contributed by atoms with van der Waals surface area (Å²) in [5.41, 5.74) is 0. The van der Waals surface area contributed by atoms with Crippen LogP contribution in [0, 0.1) is 0 Å². The van der Waals surface area contributed by atoms with Gasteiger partial charge in [0, 0.05) is 0 Å². The average molecular weight is 265 g/mol. The van der Waals surface area contributed by atoms with Gasteiger partial charge in [0.25, 0.3) is 0 Å². The summed E-state index contributed by atoms with van der Waals surface area (Å²) in [6.45, 7) is 0. The number of hydrogen-bond donors (Lipinski definition) is 0. The van der Waals surface area contributed by atoms with Crippen molar-refractivity contribution in [2.75, 3.05) is 0 Å². The van der Waals surface area contributed by atoms with E-state index in [2.05, 4.69) is 60.7 Å². The summed E-state index contributed by atoms with van der Waals surface area (Å²) in [6.07, 6.45) is 0. The summed E-state index contributed by atoms with van der Waals surface area (Å²) in [5.74, 6) is 0. The molecule has 70 valence electrons. The van der Waals surface area contributed by atoms with E-state index < -0.39 is 0 Å². The van der Waals surface area contributed by atoms with Crippen LogP contribution in [0.3, 0.4) is 0 Å². The van der Waals surface area contributed by atoms with Gasteiger partial charge >= 0.3 is 94.0 Å². The fourth-order valence-corrected chi connectivity index (χ4v) is 4.56. The molecule has 0 aliphatic carbocycles. The van der Waals surface area contributed by atoms with Gasteiger partial charge in [0.15, 0.2) is 0 Å². The van der Waals surface area contributed by atoms with E-state index >= 15 is 0 Å². The van der Waals surface area contributed by atoms with Crippen molar-refractivity contribution in [2.45, 2.75) is 4.90 Å². The summed E-state index contributed by atoms with van der Waals surface area (Å²) in [5, 5.41) is 0. The summed E-state index contributed by atoms with van der Waals surface area (Å²) >= 11 is 0.489. The minimum absolute atomic E-state index is 0.489. The minimum atomic E-state index is 0.489. The number of rotatable bonds is 3. The topological polar surface area (TPSA) is 0 Å². The molecule has 2 rings (SSSR count). The normalized spacial score (nSPS) is 10.0. The Balaban J connectivity index is 1.96. The summed E-state index contributed by atoms with van der Waals surface area (Å²) < 4.78 is 1.44. The van der Waals surface area contributed by atoms with Crippen LogP contribution in [0.2, 0.25) is 0 Å². The van der Waals surface area contributed by atoms with E-state index in [4.69, 9.17) is 0 Å². The van der Waals surface area contributed by atoms with Crippen LogP contribution < -0.4 is 4.46 Å². The molecule has 0 aliphatic rings. The molecule has 0 aromatic heterocycles. The van der Waals surface area contributed by atoms with Gasteiger partial charge in [-0.05, 0) is 0 Å². The molecule has 0 fully saturated rings. The molecule has 0 nitrogen and oxygen atoms in total. The number of benzene rings is 2. The Bertz CT molecular complexity index is 333. The van der Waals surface area contributed by atoms with Gasteiger partial charge in [0.2, 0.25) is 0 Å². The van der Waals surface area contributed by atoms with Crippen LogP contribution in [-0.4, -0.2) is 13.8 Å². The Morgan fingerprint density at radius 1 is 0.714 bits per heavy atom. The van der Waals surface area contributed by atoms with Gasteiger partial charge in [-0.1, -0.05) is 0 Å². The van der Waals surface area contributed by atoms with E-state index in [9.17, 15) is 0 Å². The Hall–Kier alpha value is -0.691. The summed E-state index contributed by atoms with van der Waals surface area (Å²) in [4.78, 5) is 1.36. The monoisotopic (exact) mass is 266 g/mol. The molecule has 2 heteroatoms. The molecule has 2 aromatic rings. The molecule has 0 heterocycles. The van der Waals surface area contributed by atoms with Gasteiger partial charge in [-0.2, -0.15) is 0 Å². The molecule has 0 N–H and O–H groups in total. The van der Waals surface area contributed by atoms with Crippen molar-refractivity contribution in [1.29, 1.82) is 0 Å². The quantitative estimate of drug-likeness (QED) is 0.769. The molecule has 0 saturated carbocycles. The summed E-state index contributed by atoms with van der Waals surface area (Å²) in [7, 11) is 1.94. The number of hydrogen-bond acceptors (Lipinski definition) is 1. The molecule has 0 atom stereocenters. The third kappa shape index (κ3) is 2.91. The van der Waals surface area contributed by atoms with Crippen LogP contribution >= 0.6 is 10.2 Å². The molecule has 0 bridgehead atoms. The third-order valence-electron chi connectivity index (χ3n) is 1.72. The van der Waals surface area contributed by atoms with Crippen LogP contribution in [-0.2, 0) is 0 Å². The van der Waals surface area contributed by atoms with Crippen LogP contribution in [0.1, 0.15) is 0 Å². The van der Waals surface area contributed by atoms with Gasteiger partial charge in [0.1, 0.15) is 0 Å². The van der Waals surface area contributed by atoms with E-state index in [-0.39, 0.29) is 0 Å². The van der Waals surface area contributed by atoms with Crippen LogP contribution in [0.15, 0.2) is 65.6 Å². The SMILES string of the molecule is c1ccc(S[Se]c2ccccc2)cc1. The zero-order valence-corrected chi connectivity index (χ0v) is 10.1. The molecule has 0 amide bonds. The predicted molar refractivity (Wildman–Crippen MR) is 64.1 cm³/mol. The van der Waals surface area contributed by atoms with Crippen LogP contribution in [0.25, 0.3) is 0 Å². The van der Waals surface area contributed by atoms with Crippen molar-refractivity contribution in [3.63, 3.8) is 0 Å². The second-order valence-electron chi connectivity index (χ2n) is 2.79.